The Morgan fingerprint density at radius 1 is 1.20 bits per heavy atom. The molecule has 0 spiro atoms. The summed E-state index contributed by atoms with van der Waals surface area (Å²) in [6.45, 7) is 2.15. The number of hydrogen-bond acceptors (Lipinski definition) is 5. The van der Waals surface area contributed by atoms with Gasteiger partial charge < -0.3 is 5.32 Å². The third-order valence-corrected chi connectivity index (χ3v) is 4.98. The number of halogens is 3. The predicted molar refractivity (Wildman–Crippen MR) is 90.6 cm³/mol. The van der Waals surface area contributed by atoms with Crippen LogP contribution in [0, 0.1) is 6.92 Å². The van der Waals surface area contributed by atoms with Crippen molar-refractivity contribution in [2.45, 2.75) is 19.6 Å². The van der Waals surface area contributed by atoms with Crippen LogP contribution in [0.5, 0.6) is 0 Å². The number of carbonyl (C=O) groups excluding carboxylic acids is 1. The fraction of sp³-hybridized carbons (Fsp3) is 0.188. The van der Waals surface area contributed by atoms with E-state index in [0.29, 0.717) is 10.6 Å². The van der Waals surface area contributed by atoms with Gasteiger partial charge in [0.25, 0.3) is 5.91 Å². The summed E-state index contributed by atoms with van der Waals surface area (Å²) in [7, 11) is 0. The second-order valence-electron chi connectivity index (χ2n) is 5.16. The molecular weight excluding hydrogens is 371 g/mol. The maximum Gasteiger partial charge on any atom is 0.416 e. The molecule has 0 bridgehead atoms. The van der Waals surface area contributed by atoms with E-state index in [9.17, 15) is 18.0 Å². The Kier molecular flexibility index (Phi) is 4.87. The Labute approximate surface area is 149 Å². The maximum atomic E-state index is 12.8. The van der Waals surface area contributed by atoms with Crippen LogP contribution in [0.15, 0.2) is 35.0 Å². The molecule has 0 aliphatic heterocycles. The molecule has 0 radical (unpaired) electrons. The van der Waals surface area contributed by atoms with Gasteiger partial charge in [-0.05, 0) is 19.1 Å². The number of nitrogens with one attached hydrogen (secondary N) is 1. The fourth-order valence-electron chi connectivity index (χ4n) is 2.09. The number of aryl methyl sites for hydroxylation is 1. The summed E-state index contributed by atoms with van der Waals surface area (Å²) in [6, 6.07) is 4.89. The van der Waals surface area contributed by atoms with Crippen LogP contribution in [0.4, 0.5) is 13.2 Å². The minimum absolute atomic E-state index is 0.171. The van der Waals surface area contributed by atoms with Gasteiger partial charge in [-0.15, -0.1) is 22.7 Å². The number of alkyl halides is 3. The lowest BCUT2D eigenvalue weighted by Gasteiger charge is -2.07. The first-order valence-electron chi connectivity index (χ1n) is 7.15. The molecule has 25 heavy (non-hydrogen) atoms. The lowest BCUT2D eigenvalue weighted by atomic mass is 10.1. The number of thiazole rings is 2. The number of hydrogen-bond donors (Lipinski definition) is 1. The highest BCUT2D eigenvalue weighted by Crippen LogP contribution is 2.33. The lowest BCUT2D eigenvalue weighted by Crippen LogP contribution is -2.23. The van der Waals surface area contributed by atoms with Crippen LogP contribution in [0.2, 0.25) is 0 Å². The standard InChI is InChI=1S/C16H12F3N3OS2/c1-9-21-12(7-24-9)6-20-14(23)13-8-25-15(22-13)10-3-2-4-11(5-10)16(17,18)19/h2-5,7-8H,6H2,1H3,(H,20,23). The van der Waals surface area contributed by atoms with Crippen LogP contribution in [0.25, 0.3) is 10.6 Å². The molecule has 2 heterocycles. The highest BCUT2D eigenvalue weighted by molar-refractivity contribution is 7.13. The van der Waals surface area contributed by atoms with Crippen LogP contribution < -0.4 is 5.32 Å². The zero-order valence-corrected chi connectivity index (χ0v) is 14.6. The van der Waals surface area contributed by atoms with E-state index in [0.717, 1.165) is 34.2 Å². The summed E-state index contributed by atoms with van der Waals surface area (Å²) >= 11 is 2.61. The number of amides is 1. The molecule has 0 unspecified atom stereocenters. The normalized spacial score (nSPS) is 11.5. The Balaban J connectivity index is 1.72. The first-order chi connectivity index (χ1) is 11.8. The summed E-state index contributed by atoms with van der Waals surface area (Å²) < 4.78 is 38.4. The first kappa shape index (κ1) is 17.6. The molecule has 1 N–H and O–H groups in total. The smallest absolute Gasteiger partial charge is 0.345 e. The number of benzene rings is 1. The van der Waals surface area contributed by atoms with E-state index >= 15 is 0 Å². The topological polar surface area (TPSA) is 54.9 Å². The molecule has 130 valence electrons. The average molecular weight is 383 g/mol. The van der Waals surface area contributed by atoms with Crippen molar-refractivity contribution in [3.05, 3.63) is 57.0 Å². The molecule has 1 aromatic carbocycles. The van der Waals surface area contributed by atoms with Gasteiger partial charge in [-0.25, -0.2) is 9.97 Å². The first-order valence-corrected chi connectivity index (χ1v) is 8.91. The van der Waals surface area contributed by atoms with Crippen molar-refractivity contribution in [2.24, 2.45) is 0 Å². The third kappa shape index (κ3) is 4.23. The molecule has 9 heteroatoms. The minimum Gasteiger partial charge on any atom is -0.345 e. The Bertz CT molecular complexity index is 902. The SMILES string of the molecule is Cc1nc(CNC(=O)c2csc(-c3cccc(C(F)(F)F)c3)n2)cs1. The summed E-state index contributed by atoms with van der Waals surface area (Å²) in [4.78, 5) is 20.5. The molecule has 0 atom stereocenters. The quantitative estimate of drug-likeness (QED) is 0.720. The fourth-order valence-corrected chi connectivity index (χ4v) is 3.50. The van der Waals surface area contributed by atoms with Crippen molar-refractivity contribution in [3.63, 3.8) is 0 Å². The summed E-state index contributed by atoms with van der Waals surface area (Å²) in [5.41, 5.74) is 0.507. The van der Waals surface area contributed by atoms with Gasteiger partial charge in [0.15, 0.2) is 0 Å². The molecule has 0 saturated heterocycles. The van der Waals surface area contributed by atoms with Crippen molar-refractivity contribution < 1.29 is 18.0 Å². The van der Waals surface area contributed by atoms with Gasteiger partial charge in [0.2, 0.25) is 0 Å². The second kappa shape index (κ2) is 6.93. The molecule has 3 aromatic rings. The Morgan fingerprint density at radius 3 is 2.68 bits per heavy atom. The van der Waals surface area contributed by atoms with Crippen molar-refractivity contribution in [1.82, 2.24) is 15.3 Å². The van der Waals surface area contributed by atoms with E-state index in [1.54, 1.807) is 0 Å². The number of nitrogens with zero attached hydrogens (tertiary/aromatic N) is 2. The van der Waals surface area contributed by atoms with Gasteiger partial charge in [-0.3, -0.25) is 4.79 Å². The van der Waals surface area contributed by atoms with Gasteiger partial charge in [-0.2, -0.15) is 13.2 Å². The van der Waals surface area contributed by atoms with Gasteiger partial charge in [0.05, 0.1) is 22.8 Å². The van der Waals surface area contributed by atoms with Crippen LogP contribution in [0.1, 0.15) is 26.8 Å². The van der Waals surface area contributed by atoms with Gasteiger partial charge >= 0.3 is 6.18 Å². The highest BCUT2D eigenvalue weighted by Gasteiger charge is 2.30. The van der Waals surface area contributed by atoms with Crippen molar-refractivity contribution in [1.29, 1.82) is 0 Å². The van der Waals surface area contributed by atoms with Crippen LogP contribution in [-0.2, 0) is 12.7 Å². The van der Waals surface area contributed by atoms with Gasteiger partial charge in [-0.1, -0.05) is 12.1 Å². The van der Waals surface area contributed by atoms with Crippen LogP contribution in [-0.4, -0.2) is 15.9 Å². The zero-order chi connectivity index (χ0) is 18.0. The zero-order valence-electron chi connectivity index (χ0n) is 12.9. The summed E-state index contributed by atoms with van der Waals surface area (Å²) in [5, 5.41) is 7.34. The van der Waals surface area contributed by atoms with E-state index in [4.69, 9.17) is 0 Å². The molecule has 0 fully saturated rings. The van der Waals surface area contributed by atoms with E-state index in [2.05, 4.69) is 15.3 Å². The highest BCUT2D eigenvalue weighted by atomic mass is 32.1. The van der Waals surface area contributed by atoms with Crippen molar-refractivity contribution in [3.8, 4) is 10.6 Å². The predicted octanol–water partition coefficient (Wildman–Crippen LogP) is 4.52. The van der Waals surface area contributed by atoms with E-state index < -0.39 is 11.7 Å². The van der Waals surface area contributed by atoms with Crippen LogP contribution >= 0.6 is 22.7 Å². The largest absolute Gasteiger partial charge is 0.416 e. The maximum absolute atomic E-state index is 12.8. The number of aromatic nitrogens is 2. The number of rotatable bonds is 4. The second-order valence-corrected chi connectivity index (χ2v) is 7.08. The van der Waals surface area contributed by atoms with Crippen LogP contribution in [0.3, 0.4) is 0 Å². The third-order valence-electron chi connectivity index (χ3n) is 3.27. The van der Waals surface area contributed by atoms with Crippen molar-refractivity contribution >= 4 is 28.6 Å². The van der Waals surface area contributed by atoms with E-state index in [1.165, 1.54) is 28.8 Å². The molecule has 0 aliphatic carbocycles. The molecule has 4 nitrogen and oxygen atoms in total. The van der Waals surface area contributed by atoms with E-state index in [-0.39, 0.29) is 18.1 Å². The molecule has 3 rings (SSSR count). The minimum atomic E-state index is -4.42. The lowest BCUT2D eigenvalue weighted by molar-refractivity contribution is -0.137. The molecule has 2 aromatic heterocycles. The van der Waals surface area contributed by atoms with Gasteiger partial charge in [0.1, 0.15) is 10.7 Å². The average Bonchev–Trinajstić information content (AvgIpc) is 3.21. The molecular formula is C16H12F3N3OS2. The Hall–Kier alpha value is -2.26. The summed E-state index contributed by atoms with van der Waals surface area (Å²) in [5.74, 6) is -0.389. The number of carbonyl (C=O) groups is 1. The molecule has 1 amide bonds. The molecule has 0 aliphatic rings. The Morgan fingerprint density at radius 2 is 2.00 bits per heavy atom. The van der Waals surface area contributed by atoms with Crippen molar-refractivity contribution in [2.75, 3.05) is 0 Å². The molecule has 0 saturated carbocycles. The monoisotopic (exact) mass is 383 g/mol. The summed E-state index contributed by atoms with van der Waals surface area (Å²) in [6.07, 6.45) is -4.42. The van der Waals surface area contributed by atoms with E-state index in [1.807, 2.05) is 12.3 Å². The van der Waals surface area contributed by atoms with Gasteiger partial charge in [0, 0.05) is 16.3 Å².